The Morgan fingerprint density at radius 1 is 1.00 bits per heavy atom. The minimum atomic E-state index is -4.56. The number of likely N-dealkylation sites (tertiary alicyclic amines) is 2. The lowest BCUT2D eigenvalue weighted by Crippen LogP contribution is -2.49. The fourth-order valence-corrected chi connectivity index (χ4v) is 7.67. The van der Waals surface area contributed by atoms with Crippen molar-refractivity contribution in [1.29, 1.82) is 0 Å². The summed E-state index contributed by atoms with van der Waals surface area (Å²) in [5, 5.41) is 3.04. The second-order valence-electron chi connectivity index (χ2n) is 13.0. The van der Waals surface area contributed by atoms with Gasteiger partial charge >= 0.3 is 12.2 Å². The maximum atomic E-state index is 13.8. The van der Waals surface area contributed by atoms with Gasteiger partial charge in [-0.3, -0.25) is 0 Å². The Kier molecular flexibility index (Phi) is 10.1. The van der Waals surface area contributed by atoms with Gasteiger partial charge in [0.05, 0.1) is 22.6 Å². The molecule has 0 radical (unpaired) electrons. The summed E-state index contributed by atoms with van der Waals surface area (Å²) >= 11 is 6.21. The predicted octanol–water partition coefficient (Wildman–Crippen LogP) is 6.58. The predicted molar refractivity (Wildman–Crippen MR) is 175 cm³/mol. The molecule has 3 N–H and O–H groups in total. The minimum Gasteiger partial charge on any atom is -0.397 e. The van der Waals surface area contributed by atoms with E-state index in [1.807, 2.05) is 35.6 Å². The highest BCUT2D eigenvalue weighted by Gasteiger charge is 2.35. The SMILES string of the molecule is Nc1c(Cl)cc(CC(CCN2CCC(N3CCc4ccccc4NC3=O)CC2)CN2CCC(n3ccnc3)CC2)cc1C(F)(F)F. The van der Waals surface area contributed by atoms with Crippen molar-refractivity contribution in [3.05, 3.63) is 76.8 Å². The number of imidazole rings is 1. The van der Waals surface area contributed by atoms with Crippen molar-refractivity contribution >= 4 is 29.0 Å². The van der Waals surface area contributed by atoms with Gasteiger partial charge in [-0.1, -0.05) is 29.8 Å². The first-order valence-corrected chi connectivity index (χ1v) is 16.7. The smallest absolute Gasteiger partial charge is 0.397 e. The number of carbonyl (C=O) groups is 1. The molecule has 6 rings (SSSR count). The largest absolute Gasteiger partial charge is 0.418 e. The van der Waals surface area contributed by atoms with E-state index in [1.54, 1.807) is 12.3 Å². The van der Waals surface area contributed by atoms with Gasteiger partial charge in [-0.05, 0) is 86.7 Å². The zero-order valence-electron chi connectivity index (χ0n) is 26.1. The fourth-order valence-electron chi connectivity index (χ4n) is 7.43. The number of hydrogen-bond donors (Lipinski definition) is 2. The van der Waals surface area contributed by atoms with Crippen LogP contribution in [0.25, 0.3) is 0 Å². The average molecular weight is 658 g/mol. The van der Waals surface area contributed by atoms with Crippen molar-refractivity contribution in [2.24, 2.45) is 5.92 Å². The monoisotopic (exact) mass is 657 g/mol. The Hall–Kier alpha value is -3.28. The summed E-state index contributed by atoms with van der Waals surface area (Å²) in [5.41, 5.74) is 7.08. The number of benzene rings is 2. The first-order chi connectivity index (χ1) is 22.1. The van der Waals surface area contributed by atoms with Crippen molar-refractivity contribution < 1.29 is 18.0 Å². The molecule has 1 unspecified atom stereocenters. The Bertz CT molecular complexity index is 1470. The zero-order chi connectivity index (χ0) is 32.3. The van der Waals surface area contributed by atoms with Crippen molar-refractivity contribution in [2.45, 2.75) is 63.2 Å². The maximum Gasteiger partial charge on any atom is 0.418 e. The molecule has 1 aromatic heterocycles. The van der Waals surface area contributed by atoms with Crippen LogP contribution >= 0.6 is 11.6 Å². The summed E-state index contributed by atoms with van der Waals surface area (Å²) in [6, 6.07) is 11.3. The van der Waals surface area contributed by atoms with Crippen LogP contribution in [-0.2, 0) is 19.0 Å². The van der Waals surface area contributed by atoms with Gasteiger partial charge in [0.25, 0.3) is 0 Å². The fraction of sp³-hybridized carbons (Fsp3) is 0.529. The number of anilines is 2. The van der Waals surface area contributed by atoms with Gasteiger partial charge in [-0.15, -0.1) is 0 Å². The van der Waals surface area contributed by atoms with E-state index in [4.69, 9.17) is 17.3 Å². The van der Waals surface area contributed by atoms with Crippen LogP contribution in [0.2, 0.25) is 5.02 Å². The number of nitrogens with zero attached hydrogens (tertiary/aromatic N) is 5. The molecule has 2 aromatic carbocycles. The molecule has 12 heteroatoms. The number of para-hydroxylation sites is 1. The van der Waals surface area contributed by atoms with Crippen LogP contribution in [0.5, 0.6) is 0 Å². The maximum absolute atomic E-state index is 13.8. The number of nitrogens with two attached hydrogens (primary N) is 1. The van der Waals surface area contributed by atoms with E-state index < -0.39 is 17.4 Å². The van der Waals surface area contributed by atoms with Crippen LogP contribution in [0.4, 0.5) is 29.3 Å². The summed E-state index contributed by atoms with van der Waals surface area (Å²) in [6.45, 7) is 6.01. The molecular weight excluding hydrogens is 615 g/mol. The molecule has 3 aliphatic heterocycles. The number of aromatic nitrogens is 2. The summed E-state index contributed by atoms with van der Waals surface area (Å²) in [6.07, 6.45) is 7.13. The zero-order valence-corrected chi connectivity index (χ0v) is 26.8. The molecule has 0 saturated carbocycles. The molecule has 46 heavy (non-hydrogen) atoms. The highest BCUT2D eigenvalue weighted by molar-refractivity contribution is 6.33. The lowest BCUT2D eigenvalue weighted by Gasteiger charge is -2.39. The third-order valence-electron chi connectivity index (χ3n) is 10.0. The second-order valence-corrected chi connectivity index (χ2v) is 13.4. The number of nitrogen functional groups attached to an aromatic ring is 1. The third kappa shape index (κ3) is 7.81. The molecule has 248 valence electrons. The Balaban J connectivity index is 1.07. The number of urea groups is 1. The Labute approximate surface area is 273 Å². The number of nitrogens with one attached hydrogen (secondary N) is 1. The van der Waals surface area contributed by atoms with Crippen LogP contribution < -0.4 is 11.1 Å². The molecule has 2 saturated heterocycles. The Morgan fingerprint density at radius 2 is 1.72 bits per heavy atom. The number of piperidine rings is 2. The molecule has 1 atom stereocenters. The van der Waals surface area contributed by atoms with Crippen molar-refractivity contribution in [3.63, 3.8) is 0 Å². The van der Waals surface area contributed by atoms with Crippen molar-refractivity contribution in [1.82, 2.24) is 24.3 Å². The molecular formula is C34H43ClF3N7O. The topological polar surface area (TPSA) is 82.7 Å². The first kappa shape index (κ1) is 32.7. The van der Waals surface area contributed by atoms with E-state index >= 15 is 0 Å². The molecule has 0 bridgehead atoms. The summed E-state index contributed by atoms with van der Waals surface area (Å²) in [4.78, 5) is 24.1. The Morgan fingerprint density at radius 3 is 2.43 bits per heavy atom. The number of rotatable bonds is 9. The van der Waals surface area contributed by atoms with E-state index in [-0.39, 0.29) is 23.0 Å². The number of hydrogen-bond acceptors (Lipinski definition) is 5. The van der Waals surface area contributed by atoms with Gasteiger partial charge in [-0.25, -0.2) is 9.78 Å². The molecule has 3 aliphatic rings. The summed E-state index contributed by atoms with van der Waals surface area (Å²) in [7, 11) is 0. The molecule has 4 heterocycles. The van der Waals surface area contributed by atoms with Crippen LogP contribution in [-0.4, -0.2) is 82.1 Å². The number of amides is 2. The second kappa shape index (κ2) is 14.2. The number of halogens is 4. The first-order valence-electron chi connectivity index (χ1n) is 16.4. The molecule has 2 amide bonds. The van der Waals surface area contributed by atoms with E-state index in [9.17, 15) is 18.0 Å². The van der Waals surface area contributed by atoms with Gasteiger partial charge in [0.15, 0.2) is 0 Å². The highest BCUT2D eigenvalue weighted by atomic mass is 35.5. The molecule has 2 fully saturated rings. The average Bonchev–Trinajstić information content (AvgIpc) is 3.52. The number of carbonyl (C=O) groups excluding carboxylic acids is 1. The van der Waals surface area contributed by atoms with Gasteiger partial charge in [0.2, 0.25) is 0 Å². The van der Waals surface area contributed by atoms with E-state index in [2.05, 4.69) is 30.7 Å². The standard InChI is InChI=1S/C34H43ClF3N7O/c35-30-21-25(20-29(32(30)39)34(36,37)38)19-24(22-43-15-7-27(8-16-43)44-18-11-40-23-44)5-12-42-13-9-28(10-14-42)45-17-6-26-3-1-2-4-31(26)41-33(45)46/h1-4,11,18,20-21,23-24,27-28H,5-10,12-17,19,22,39H2,(H,41,46). The van der Waals surface area contributed by atoms with Crippen LogP contribution in [0, 0.1) is 5.92 Å². The minimum absolute atomic E-state index is 0.0272. The van der Waals surface area contributed by atoms with Crippen LogP contribution in [0.15, 0.2) is 55.1 Å². The van der Waals surface area contributed by atoms with Gasteiger partial charge < -0.3 is 30.3 Å². The quantitative estimate of drug-likeness (QED) is 0.254. The van der Waals surface area contributed by atoms with Gasteiger partial charge in [0.1, 0.15) is 0 Å². The number of alkyl halides is 3. The lowest BCUT2D eigenvalue weighted by atomic mass is 9.92. The molecule has 8 nitrogen and oxygen atoms in total. The van der Waals surface area contributed by atoms with E-state index in [1.165, 1.54) is 6.07 Å². The number of fused-ring (bicyclic) bond motifs is 1. The van der Waals surface area contributed by atoms with Gasteiger partial charge in [-0.2, -0.15) is 13.2 Å². The van der Waals surface area contributed by atoms with Crippen molar-refractivity contribution in [3.8, 4) is 0 Å². The summed E-state index contributed by atoms with van der Waals surface area (Å²) in [5.74, 6) is 0.151. The summed E-state index contributed by atoms with van der Waals surface area (Å²) < 4.78 is 43.4. The lowest BCUT2D eigenvalue weighted by molar-refractivity contribution is -0.137. The van der Waals surface area contributed by atoms with E-state index in [0.29, 0.717) is 24.6 Å². The molecule has 0 spiro atoms. The van der Waals surface area contributed by atoms with Crippen LogP contribution in [0.3, 0.4) is 0 Å². The normalized spacial score (nSPS) is 19.9. The highest BCUT2D eigenvalue weighted by Crippen LogP contribution is 2.38. The molecule has 0 aliphatic carbocycles. The van der Waals surface area contributed by atoms with Crippen LogP contribution in [0.1, 0.15) is 54.8 Å². The van der Waals surface area contributed by atoms with E-state index in [0.717, 1.165) is 89.0 Å². The van der Waals surface area contributed by atoms with Gasteiger partial charge in [0, 0.05) is 69.4 Å². The van der Waals surface area contributed by atoms with Crippen molar-refractivity contribution in [2.75, 3.05) is 56.9 Å². The molecule has 3 aromatic rings. The third-order valence-corrected chi connectivity index (χ3v) is 10.3.